The number of allylic oxidation sites excluding steroid dienone is 2. The van der Waals surface area contributed by atoms with Gasteiger partial charge < -0.3 is 11.5 Å². The third kappa shape index (κ3) is 3.32. The average Bonchev–Trinajstić information content (AvgIpc) is 3.18. The first-order valence-corrected chi connectivity index (χ1v) is 8.07. The number of carbonyl (C=O) groups excluding carboxylic acids is 1. The van der Waals surface area contributed by atoms with Gasteiger partial charge in [-0.2, -0.15) is 10.2 Å². The van der Waals surface area contributed by atoms with Crippen LogP contribution in [-0.2, 0) is 7.05 Å². The van der Waals surface area contributed by atoms with Crippen molar-refractivity contribution in [2.45, 2.75) is 13.8 Å². The number of aromatic nitrogens is 5. The minimum atomic E-state index is -0.538. The zero-order chi connectivity index (χ0) is 18.8. The van der Waals surface area contributed by atoms with Crippen LogP contribution in [0.3, 0.4) is 0 Å². The van der Waals surface area contributed by atoms with E-state index in [0.29, 0.717) is 46.2 Å². The second kappa shape index (κ2) is 6.79. The Balaban J connectivity index is 2.16. The van der Waals surface area contributed by atoms with E-state index in [4.69, 9.17) is 11.5 Å². The fourth-order valence-electron chi connectivity index (χ4n) is 2.64. The molecule has 0 saturated carbocycles. The molecule has 134 valence electrons. The molecule has 26 heavy (non-hydrogen) atoms. The number of hydrogen-bond donors (Lipinski definition) is 3. The Kier molecular flexibility index (Phi) is 4.53. The molecule has 0 saturated heterocycles. The summed E-state index contributed by atoms with van der Waals surface area (Å²) in [5.74, 6) is 0.380. The highest BCUT2D eigenvalue weighted by Gasteiger charge is 2.16. The van der Waals surface area contributed by atoms with Crippen LogP contribution in [0.2, 0.25) is 0 Å². The van der Waals surface area contributed by atoms with Crippen LogP contribution in [0, 0.1) is 0 Å². The molecule has 2 aromatic heterocycles. The third-order valence-corrected chi connectivity index (χ3v) is 3.69. The molecule has 3 aromatic rings. The molecule has 0 atom stereocenters. The second-order valence-corrected chi connectivity index (χ2v) is 5.88. The first-order chi connectivity index (χ1) is 12.4. The lowest BCUT2D eigenvalue weighted by molar-refractivity contribution is 0.100. The van der Waals surface area contributed by atoms with Crippen LogP contribution < -0.4 is 11.5 Å². The molecule has 0 aliphatic heterocycles. The monoisotopic (exact) mass is 352 g/mol. The summed E-state index contributed by atoms with van der Waals surface area (Å²) in [5, 5.41) is 12.3. The van der Waals surface area contributed by atoms with Gasteiger partial charge in [-0.05, 0) is 32.1 Å². The molecule has 0 radical (unpaired) electrons. The highest BCUT2D eigenvalue weighted by atomic mass is 16.1. The first-order valence-electron chi connectivity index (χ1n) is 8.07. The average molecular weight is 352 g/mol. The number of nitrogens with two attached hydrogens (primary N) is 2. The molecule has 3 rings (SSSR count). The zero-order valence-electron chi connectivity index (χ0n) is 14.8. The number of hydrogen-bond acceptors (Lipinski definition) is 6. The van der Waals surface area contributed by atoms with Crippen LogP contribution in [0.4, 0.5) is 0 Å². The van der Waals surface area contributed by atoms with E-state index < -0.39 is 5.91 Å². The number of amides is 1. The molecule has 1 amide bonds. The van der Waals surface area contributed by atoms with Gasteiger partial charge in [-0.1, -0.05) is 0 Å². The van der Waals surface area contributed by atoms with Gasteiger partial charge in [-0.3, -0.25) is 19.6 Å². The number of benzene rings is 1. The molecule has 1 aromatic carbocycles. The second-order valence-electron chi connectivity index (χ2n) is 5.88. The Morgan fingerprint density at radius 3 is 2.81 bits per heavy atom. The third-order valence-electron chi connectivity index (χ3n) is 3.69. The van der Waals surface area contributed by atoms with Crippen LogP contribution >= 0.6 is 0 Å². The molecule has 0 unspecified atom stereocenters. The minimum Gasteiger partial charge on any atom is -0.402 e. The number of nitrogens with one attached hydrogen (secondary N) is 1. The molecular weight excluding hydrogens is 332 g/mol. The van der Waals surface area contributed by atoms with Crippen molar-refractivity contribution in [3.05, 3.63) is 41.5 Å². The van der Waals surface area contributed by atoms with Gasteiger partial charge in [0.15, 0.2) is 11.6 Å². The molecule has 5 N–H and O–H groups in total. The van der Waals surface area contributed by atoms with Crippen LogP contribution in [0.1, 0.15) is 30.0 Å². The summed E-state index contributed by atoms with van der Waals surface area (Å²) in [7, 11) is 1.80. The highest BCUT2D eigenvalue weighted by molar-refractivity contribution is 6.07. The van der Waals surface area contributed by atoms with E-state index in [-0.39, 0.29) is 0 Å². The smallest absolute Gasteiger partial charge is 0.248 e. The van der Waals surface area contributed by atoms with E-state index in [9.17, 15) is 4.79 Å². The summed E-state index contributed by atoms with van der Waals surface area (Å²) in [4.78, 5) is 20.6. The molecule has 9 heteroatoms. The lowest BCUT2D eigenvalue weighted by atomic mass is 10.1. The van der Waals surface area contributed by atoms with E-state index in [2.05, 4.69) is 25.3 Å². The number of fused-ring (bicyclic) bond motifs is 1. The number of aromatic amines is 1. The standard InChI is InChI=1S/C17H20N8O/c1-4-20-14(5-9(2)18)17-21-16(22-23-17)11-6-10(15(19)26)7-13-12(11)8-25(3)24-13/h5-8H,4,18H2,1-3H3,(H2,19,26)(H,21,22,23). The van der Waals surface area contributed by atoms with Crippen LogP contribution in [0.5, 0.6) is 0 Å². The van der Waals surface area contributed by atoms with E-state index >= 15 is 0 Å². The highest BCUT2D eigenvalue weighted by Crippen LogP contribution is 2.27. The Hall–Kier alpha value is -3.49. The summed E-state index contributed by atoms with van der Waals surface area (Å²) >= 11 is 0. The SMILES string of the molecule is CCN=C(C=C(C)N)c1nc(-c2cc(C(N)=O)cc3nn(C)cc23)n[nH]1. The van der Waals surface area contributed by atoms with Gasteiger partial charge >= 0.3 is 0 Å². The molecule has 0 aliphatic carbocycles. The number of aryl methyl sites for hydroxylation is 1. The fraction of sp³-hybridized carbons (Fsp3) is 0.235. The maximum absolute atomic E-state index is 11.7. The van der Waals surface area contributed by atoms with Crippen molar-refractivity contribution < 1.29 is 4.79 Å². The van der Waals surface area contributed by atoms with Crippen molar-refractivity contribution in [3.63, 3.8) is 0 Å². The van der Waals surface area contributed by atoms with E-state index in [0.717, 1.165) is 5.39 Å². The van der Waals surface area contributed by atoms with Crippen LogP contribution in [0.15, 0.2) is 35.1 Å². The van der Waals surface area contributed by atoms with Gasteiger partial charge in [0.05, 0.1) is 5.52 Å². The summed E-state index contributed by atoms with van der Waals surface area (Å²) in [5.41, 5.74) is 14.1. The number of carbonyl (C=O) groups is 1. The number of aliphatic imine (C=N–C) groups is 1. The van der Waals surface area contributed by atoms with Crippen LogP contribution in [-0.4, -0.2) is 43.1 Å². The van der Waals surface area contributed by atoms with Gasteiger partial charge in [0.25, 0.3) is 0 Å². The van der Waals surface area contributed by atoms with E-state index in [1.807, 2.05) is 13.1 Å². The zero-order valence-corrected chi connectivity index (χ0v) is 14.8. The molecule has 0 spiro atoms. The minimum absolute atomic E-state index is 0.345. The van der Waals surface area contributed by atoms with Gasteiger partial charge in [0.1, 0.15) is 5.71 Å². The van der Waals surface area contributed by atoms with Crippen molar-refractivity contribution in [1.82, 2.24) is 25.0 Å². The molecule has 0 fully saturated rings. The van der Waals surface area contributed by atoms with Crippen molar-refractivity contribution in [1.29, 1.82) is 0 Å². The lowest BCUT2D eigenvalue weighted by Crippen LogP contribution is -2.11. The van der Waals surface area contributed by atoms with Crippen molar-refractivity contribution >= 4 is 22.5 Å². The number of rotatable bonds is 5. The molecule has 9 nitrogen and oxygen atoms in total. The van der Waals surface area contributed by atoms with Gasteiger partial charge in [0.2, 0.25) is 5.91 Å². The van der Waals surface area contributed by atoms with Crippen molar-refractivity contribution in [2.24, 2.45) is 23.5 Å². The van der Waals surface area contributed by atoms with Gasteiger partial charge in [-0.25, -0.2) is 4.98 Å². The Bertz CT molecular complexity index is 1040. The largest absolute Gasteiger partial charge is 0.402 e. The lowest BCUT2D eigenvalue weighted by Gasteiger charge is -2.01. The topological polar surface area (TPSA) is 141 Å². The maximum Gasteiger partial charge on any atom is 0.248 e. The number of H-pyrrole nitrogens is 1. The quantitative estimate of drug-likeness (QED) is 0.590. The van der Waals surface area contributed by atoms with E-state index in [1.54, 1.807) is 36.9 Å². The normalized spacial score (nSPS) is 12.7. The van der Waals surface area contributed by atoms with Crippen LogP contribution in [0.25, 0.3) is 22.3 Å². The summed E-state index contributed by atoms with van der Waals surface area (Å²) in [6, 6.07) is 3.32. The van der Waals surface area contributed by atoms with Gasteiger partial charge in [0, 0.05) is 42.0 Å². The first kappa shape index (κ1) is 17.3. The molecular formula is C17H20N8O. The number of nitrogens with zero attached hydrogens (tertiary/aromatic N) is 5. The maximum atomic E-state index is 11.7. The predicted octanol–water partition coefficient (Wildman–Crippen LogP) is 1.13. The summed E-state index contributed by atoms with van der Waals surface area (Å²) in [6.07, 6.45) is 3.57. The van der Waals surface area contributed by atoms with Crippen molar-refractivity contribution in [2.75, 3.05) is 6.54 Å². The molecule has 0 aliphatic rings. The molecule has 2 heterocycles. The van der Waals surface area contributed by atoms with Gasteiger partial charge in [-0.15, -0.1) is 0 Å². The summed E-state index contributed by atoms with van der Waals surface area (Å²) < 4.78 is 1.66. The molecule has 0 bridgehead atoms. The fourth-order valence-corrected chi connectivity index (χ4v) is 2.64. The summed E-state index contributed by atoms with van der Waals surface area (Å²) in [6.45, 7) is 4.28. The van der Waals surface area contributed by atoms with Crippen molar-refractivity contribution in [3.8, 4) is 11.4 Å². The Labute approximate surface area is 149 Å². The Morgan fingerprint density at radius 1 is 1.38 bits per heavy atom. The predicted molar refractivity (Wildman–Crippen MR) is 99.6 cm³/mol. The number of primary amides is 1. The van der Waals surface area contributed by atoms with E-state index in [1.165, 1.54) is 0 Å². The Morgan fingerprint density at radius 2 is 2.15 bits per heavy atom.